The van der Waals surface area contributed by atoms with E-state index in [0.29, 0.717) is 17.5 Å². The maximum atomic E-state index is 13.2. The molecule has 21 heavy (non-hydrogen) atoms. The number of hydrogen-bond acceptors (Lipinski definition) is 3. The van der Waals surface area contributed by atoms with Gasteiger partial charge in [-0.15, -0.1) is 0 Å². The number of fused-ring (bicyclic) bond motifs is 1. The number of benzene rings is 1. The molecule has 0 bridgehead atoms. The third-order valence-electron chi connectivity index (χ3n) is 4.36. The van der Waals surface area contributed by atoms with Crippen LogP contribution in [0.25, 0.3) is 0 Å². The molecule has 0 aromatic heterocycles. The Morgan fingerprint density at radius 2 is 2.05 bits per heavy atom. The molecule has 0 spiro atoms. The van der Waals surface area contributed by atoms with Gasteiger partial charge in [-0.3, -0.25) is 0 Å². The van der Waals surface area contributed by atoms with Crippen LogP contribution in [0.3, 0.4) is 0 Å². The zero-order chi connectivity index (χ0) is 16.2. The molecule has 0 saturated carbocycles. The van der Waals surface area contributed by atoms with Crippen molar-refractivity contribution in [1.29, 1.82) is 0 Å². The Labute approximate surface area is 125 Å². The third-order valence-corrected chi connectivity index (χ3v) is 4.75. The second-order valence-electron chi connectivity index (χ2n) is 5.54. The highest BCUT2D eigenvalue weighted by atomic mass is 35.5. The van der Waals surface area contributed by atoms with Gasteiger partial charge in [0.15, 0.2) is 5.60 Å². The Kier molecular flexibility index (Phi) is 3.93. The molecule has 0 fully saturated rings. The van der Waals surface area contributed by atoms with E-state index in [1.54, 1.807) is 13.8 Å². The number of halogens is 4. The Morgan fingerprint density at radius 3 is 2.52 bits per heavy atom. The maximum Gasteiger partial charge on any atom is 0.419 e. The molecule has 4 N–H and O–H groups in total. The predicted octanol–water partition coefficient (Wildman–Crippen LogP) is 3.54. The van der Waals surface area contributed by atoms with E-state index in [2.05, 4.69) is 0 Å². The molecular formula is C14H17ClF3NO2. The molecule has 7 heteroatoms. The molecule has 1 aromatic carbocycles. The molecule has 0 saturated heterocycles. The first-order valence-corrected chi connectivity index (χ1v) is 6.98. The largest absolute Gasteiger partial charge is 0.507 e. The summed E-state index contributed by atoms with van der Waals surface area (Å²) in [7, 11) is 0. The monoisotopic (exact) mass is 323 g/mol. The predicted molar refractivity (Wildman–Crippen MR) is 73.4 cm³/mol. The third kappa shape index (κ3) is 2.29. The minimum absolute atomic E-state index is 0.0565. The Morgan fingerprint density at radius 1 is 1.48 bits per heavy atom. The quantitative estimate of drug-likeness (QED) is 0.740. The van der Waals surface area contributed by atoms with E-state index >= 15 is 0 Å². The number of aromatic hydroxyl groups is 1. The van der Waals surface area contributed by atoms with Gasteiger partial charge in [0.2, 0.25) is 0 Å². The summed E-state index contributed by atoms with van der Waals surface area (Å²) in [6.07, 6.45) is -5.09. The van der Waals surface area contributed by atoms with Gasteiger partial charge in [0, 0.05) is 16.1 Å². The fourth-order valence-electron chi connectivity index (χ4n) is 2.96. The topological polar surface area (TPSA) is 66.5 Å². The molecule has 118 valence electrons. The van der Waals surface area contributed by atoms with Crippen LogP contribution in [-0.4, -0.2) is 22.0 Å². The van der Waals surface area contributed by atoms with Gasteiger partial charge in [-0.25, -0.2) is 0 Å². The van der Waals surface area contributed by atoms with Crippen molar-refractivity contribution in [2.45, 2.75) is 50.4 Å². The first-order chi connectivity index (χ1) is 9.54. The molecule has 0 aliphatic heterocycles. The van der Waals surface area contributed by atoms with E-state index in [9.17, 15) is 23.4 Å². The molecule has 0 amide bonds. The fraction of sp³-hybridized carbons (Fsp3) is 0.571. The summed E-state index contributed by atoms with van der Waals surface area (Å²) in [5.41, 5.74) is 3.47. The van der Waals surface area contributed by atoms with Crippen molar-refractivity contribution < 1.29 is 23.4 Å². The Bertz CT molecular complexity index is 576. The Hall–Kier alpha value is -0.980. The van der Waals surface area contributed by atoms with Crippen LogP contribution in [0.4, 0.5) is 13.2 Å². The van der Waals surface area contributed by atoms with Crippen LogP contribution in [0.15, 0.2) is 6.07 Å². The van der Waals surface area contributed by atoms with Gasteiger partial charge in [-0.2, -0.15) is 13.2 Å². The van der Waals surface area contributed by atoms with Crippen LogP contribution in [0.2, 0.25) is 5.02 Å². The summed E-state index contributed by atoms with van der Waals surface area (Å²) in [6, 6.07) is -0.367. The second kappa shape index (κ2) is 5.04. The van der Waals surface area contributed by atoms with Crippen molar-refractivity contribution in [2.24, 2.45) is 5.73 Å². The van der Waals surface area contributed by atoms with E-state index in [1.165, 1.54) is 6.07 Å². The number of rotatable bonds is 1. The summed E-state index contributed by atoms with van der Waals surface area (Å²) in [4.78, 5) is 0. The number of aliphatic hydroxyl groups is 1. The van der Waals surface area contributed by atoms with E-state index in [-0.39, 0.29) is 16.3 Å². The van der Waals surface area contributed by atoms with Crippen molar-refractivity contribution in [1.82, 2.24) is 0 Å². The molecule has 3 nitrogen and oxygen atoms in total. The van der Waals surface area contributed by atoms with Crippen LogP contribution < -0.4 is 5.73 Å². The molecule has 1 aliphatic carbocycles. The van der Waals surface area contributed by atoms with Crippen molar-refractivity contribution in [3.63, 3.8) is 0 Å². The van der Waals surface area contributed by atoms with Crippen LogP contribution in [0.1, 0.15) is 48.4 Å². The lowest BCUT2D eigenvalue weighted by atomic mass is 9.69. The first kappa shape index (κ1) is 16.4. The Balaban J connectivity index is 2.71. The molecule has 1 aromatic rings. The average molecular weight is 324 g/mol. The van der Waals surface area contributed by atoms with Crippen molar-refractivity contribution in [2.75, 3.05) is 0 Å². The SMILES string of the molecule is CC[C@H]1C[C@](O)(C(F)(F)F)[C@@H](N)c2cc(Cl)c(C)c(O)c21. The number of nitrogens with two attached hydrogens (primary N) is 1. The lowest BCUT2D eigenvalue weighted by molar-refractivity contribution is -0.275. The van der Waals surface area contributed by atoms with Crippen LogP contribution in [0, 0.1) is 6.92 Å². The first-order valence-electron chi connectivity index (χ1n) is 6.61. The lowest BCUT2D eigenvalue weighted by Crippen LogP contribution is -2.56. The van der Waals surface area contributed by atoms with Gasteiger partial charge in [0.25, 0.3) is 0 Å². The van der Waals surface area contributed by atoms with Gasteiger partial charge in [-0.05, 0) is 37.3 Å². The molecule has 2 rings (SSSR count). The highest BCUT2D eigenvalue weighted by molar-refractivity contribution is 6.31. The maximum absolute atomic E-state index is 13.2. The summed E-state index contributed by atoms with van der Waals surface area (Å²) < 4.78 is 39.7. The van der Waals surface area contributed by atoms with Gasteiger partial charge < -0.3 is 15.9 Å². The van der Waals surface area contributed by atoms with Crippen LogP contribution in [0.5, 0.6) is 5.75 Å². The minimum atomic E-state index is -4.86. The van der Waals surface area contributed by atoms with E-state index in [0.717, 1.165) is 0 Å². The molecule has 0 unspecified atom stereocenters. The van der Waals surface area contributed by atoms with Gasteiger partial charge in [-0.1, -0.05) is 18.5 Å². The van der Waals surface area contributed by atoms with Gasteiger partial charge >= 0.3 is 6.18 Å². The van der Waals surface area contributed by atoms with Crippen molar-refractivity contribution in [3.05, 3.63) is 27.8 Å². The van der Waals surface area contributed by atoms with Gasteiger partial charge in [0.1, 0.15) is 5.75 Å². The standard InChI is InChI=1S/C14H17ClF3NO2/c1-3-7-5-13(21,14(16,17)18)12(19)8-4-9(15)6(2)11(20)10(7)8/h4,7,12,20-21H,3,5,19H2,1-2H3/t7-,12-,13+/m0/s1. The number of phenols is 1. The number of phenolic OH excluding ortho intramolecular Hbond substituents is 1. The lowest BCUT2D eigenvalue weighted by Gasteiger charge is -2.44. The van der Waals surface area contributed by atoms with E-state index in [1.807, 2.05) is 0 Å². The normalized spacial score (nSPS) is 29.3. The molecule has 0 radical (unpaired) electrons. The molecule has 0 heterocycles. The number of hydrogen-bond donors (Lipinski definition) is 3. The van der Waals surface area contributed by atoms with E-state index in [4.69, 9.17) is 17.3 Å². The smallest absolute Gasteiger partial charge is 0.419 e. The summed E-state index contributed by atoms with van der Waals surface area (Å²) in [5.74, 6) is -0.772. The summed E-state index contributed by atoms with van der Waals surface area (Å²) in [6.45, 7) is 3.28. The zero-order valence-electron chi connectivity index (χ0n) is 11.6. The highest BCUT2D eigenvalue weighted by Crippen LogP contribution is 2.54. The highest BCUT2D eigenvalue weighted by Gasteiger charge is 2.61. The molecule has 1 aliphatic rings. The average Bonchev–Trinajstić information content (AvgIpc) is 2.39. The summed E-state index contributed by atoms with van der Waals surface area (Å²) >= 11 is 5.94. The molecular weight excluding hydrogens is 307 g/mol. The minimum Gasteiger partial charge on any atom is -0.507 e. The second-order valence-corrected chi connectivity index (χ2v) is 5.95. The zero-order valence-corrected chi connectivity index (χ0v) is 12.4. The number of alkyl halides is 3. The summed E-state index contributed by atoms with van der Waals surface area (Å²) in [5, 5.41) is 20.4. The van der Waals surface area contributed by atoms with E-state index < -0.39 is 30.2 Å². The van der Waals surface area contributed by atoms with Crippen LogP contribution in [-0.2, 0) is 0 Å². The molecule has 3 atom stereocenters. The van der Waals surface area contributed by atoms with Gasteiger partial charge in [0.05, 0.1) is 6.04 Å². The van der Waals surface area contributed by atoms with Crippen molar-refractivity contribution in [3.8, 4) is 5.75 Å². The van der Waals surface area contributed by atoms with Crippen LogP contribution >= 0.6 is 11.6 Å². The van der Waals surface area contributed by atoms with Crippen molar-refractivity contribution >= 4 is 11.6 Å². The fourth-order valence-corrected chi connectivity index (χ4v) is 3.17.